The Morgan fingerprint density at radius 1 is 1.42 bits per heavy atom. The van der Waals surface area contributed by atoms with Gasteiger partial charge in [-0.1, -0.05) is 13.0 Å². The van der Waals surface area contributed by atoms with Crippen molar-refractivity contribution in [2.45, 2.75) is 26.8 Å². The third-order valence-corrected chi connectivity index (χ3v) is 5.19. The second kappa shape index (κ2) is 7.04. The van der Waals surface area contributed by atoms with Crippen LogP contribution in [-0.4, -0.2) is 20.4 Å². The van der Waals surface area contributed by atoms with Crippen molar-refractivity contribution >= 4 is 38.8 Å². The summed E-state index contributed by atoms with van der Waals surface area (Å²) in [7, 11) is 0. The Morgan fingerprint density at radius 2 is 2.19 bits per heavy atom. The second-order valence-electron chi connectivity index (χ2n) is 5.72. The number of nitrogens with zero attached hydrogens (tertiary/aromatic N) is 3. The standard InChI is InChI=1S/C17H16N4O4S/c1-3-11-7-12-16(26-11)18-9-20(17(12)23)8-15(22)19-13-5-4-6-14(10(13)2)21(24)25/h4-7,9H,3,8H2,1-2H3,(H,19,22). The van der Waals surface area contributed by atoms with Crippen LogP contribution in [0.3, 0.4) is 0 Å². The van der Waals surface area contributed by atoms with E-state index in [1.165, 1.54) is 34.4 Å². The zero-order chi connectivity index (χ0) is 18.8. The first-order valence-corrected chi connectivity index (χ1v) is 8.74. The summed E-state index contributed by atoms with van der Waals surface area (Å²) in [6.45, 7) is 3.34. The smallest absolute Gasteiger partial charge is 0.274 e. The molecule has 0 aliphatic carbocycles. The van der Waals surface area contributed by atoms with Gasteiger partial charge in [-0.25, -0.2) is 4.98 Å². The van der Waals surface area contributed by atoms with Crippen molar-refractivity contribution in [3.8, 4) is 0 Å². The van der Waals surface area contributed by atoms with Crippen LogP contribution in [0.4, 0.5) is 11.4 Å². The highest BCUT2D eigenvalue weighted by molar-refractivity contribution is 7.18. The summed E-state index contributed by atoms with van der Waals surface area (Å²) in [6.07, 6.45) is 2.16. The van der Waals surface area contributed by atoms with E-state index in [0.29, 0.717) is 21.5 Å². The maximum absolute atomic E-state index is 12.5. The minimum atomic E-state index is -0.505. The number of nitro groups is 1. The normalized spacial score (nSPS) is 10.8. The Balaban J connectivity index is 1.84. The molecule has 2 aromatic heterocycles. The topological polar surface area (TPSA) is 107 Å². The van der Waals surface area contributed by atoms with Crippen molar-refractivity contribution in [1.82, 2.24) is 9.55 Å². The van der Waals surface area contributed by atoms with E-state index in [2.05, 4.69) is 10.3 Å². The zero-order valence-corrected chi connectivity index (χ0v) is 15.0. The number of amides is 1. The number of carbonyl (C=O) groups excluding carboxylic acids is 1. The van der Waals surface area contributed by atoms with Gasteiger partial charge in [0.2, 0.25) is 5.91 Å². The van der Waals surface area contributed by atoms with E-state index in [4.69, 9.17) is 0 Å². The Hall–Kier alpha value is -3.07. The summed E-state index contributed by atoms with van der Waals surface area (Å²) < 4.78 is 1.23. The van der Waals surface area contributed by atoms with Crippen molar-refractivity contribution in [1.29, 1.82) is 0 Å². The third-order valence-electron chi connectivity index (χ3n) is 4.01. The molecule has 0 fully saturated rings. The molecule has 0 aliphatic heterocycles. The molecule has 9 heteroatoms. The van der Waals surface area contributed by atoms with Crippen LogP contribution in [0, 0.1) is 17.0 Å². The molecule has 3 aromatic rings. The number of nitro benzene ring substituents is 1. The predicted octanol–water partition coefficient (Wildman–Crippen LogP) is 2.88. The first kappa shape index (κ1) is 17.7. The molecule has 1 amide bonds. The summed E-state index contributed by atoms with van der Waals surface area (Å²) in [5, 5.41) is 14.1. The van der Waals surface area contributed by atoms with Gasteiger partial charge in [-0.3, -0.25) is 24.3 Å². The van der Waals surface area contributed by atoms with Crippen LogP contribution in [-0.2, 0) is 17.8 Å². The van der Waals surface area contributed by atoms with Gasteiger partial charge in [0.05, 0.1) is 27.9 Å². The van der Waals surface area contributed by atoms with Crippen LogP contribution in [0.15, 0.2) is 35.4 Å². The van der Waals surface area contributed by atoms with Gasteiger partial charge in [0.25, 0.3) is 11.2 Å². The Labute approximate surface area is 152 Å². The summed E-state index contributed by atoms with van der Waals surface area (Å²) in [4.78, 5) is 41.2. The molecule has 0 atom stereocenters. The van der Waals surface area contributed by atoms with Crippen molar-refractivity contribution in [3.63, 3.8) is 0 Å². The summed E-state index contributed by atoms with van der Waals surface area (Å²) in [6, 6.07) is 6.25. The number of rotatable bonds is 5. The van der Waals surface area contributed by atoms with Crippen LogP contribution < -0.4 is 10.9 Å². The summed E-state index contributed by atoms with van der Waals surface area (Å²) in [5.74, 6) is -0.456. The van der Waals surface area contributed by atoms with Crippen LogP contribution in [0.2, 0.25) is 0 Å². The number of anilines is 1. The quantitative estimate of drug-likeness (QED) is 0.547. The maximum Gasteiger partial charge on any atom is 0.274 e. The first-order valence-electron chi connectivity index (χ1n) is 7.92. The Morgan fingerprint density at radius 3 is 2.88 bits per heavy atom. The minimum absolute atomic E-state index is 0.0755. The Kier molecular flexibility index (Phi) is 4.81. The SMILES string of the molecule is CCc1cc2c(=O)n(CC(=O)Nc3cccc([N+](=O)[O-])c3C)cnc2s1. The van der Waals surface area contributed by atoms with Gasteiger partial charge in [-0.15, -0.1) is 11.3 Å². The monoisotopic (exact) mass is 372 g/mol. The van der Waals surface area contributed by atoms with Crippen molar-refractivity contribution in [2.75, 3.05) is 5.32 Å². The van der Waals surface area contributed by atoms with Crippen molar-refractivity contribution < 1.29 is 9.72 Å². The van der Waals surface area contributed by atoms with Crippen LogP contribution >= 0.6 is 11.3 Å². The molecule has 1 N–H and O–H groups in total. The van der Waals surface area contributed by atoms with Crippen LogP contribution in [0.25, 0.3) is 10.2 Å². The molecule has 0 aliphatic rings. The minimum Gasteiger partial charge on any atom is -0.324 e. The van der Waals surface area contributed by atoms with E-state index in [1.807, 2.05) is 6.92 Å². The molecule has 0 bridgehead atoms. The van der Waals surface area contributed by atoms with Crippen LogP contribution in [0.5, 0.6) is 0 Å². The highest BCUT2D eigenvalue weighted by Crippen LogP contribution is 2.25. The fourth-order valence-corrected chi connectivity index (χ4v) is 3.52. The van der Waals surface area contributed by atoms with Gasteiger partial charge in [0.15, 0.2) is 0 Å². The largest absolute Gasteiger partial charge is 0.324 e. The number of aromatic nitrogens is 2. The lowest BCUT2D eigenvalue weighted by Crippen LogP contribution is -2.27. The number of aryl methyl sites for hydroxylation is 1. The van der Waals surface area contributed by atoms with E-state index < -0.39 is 10.8 Å². The van der Waals surface area contributed by atoms with E-state index in [1.54, 1.807) is 19.1 Å². The van der Waals surface area contributed by atoms with Crippen molar-refractivity contribution in [3.05, 3.63) is 61.5 Å². The fourth-order valence-electron chi connectivity index (χ4n) is 2.60. The lowest BCUT2D eigenvalue weighted by molar-refractivity contribution is -0.385. The first-order chi connectivity index (χ1) is 12.4. The Bertz CT molecular complexity index is 1070. The molecule has 134 valence electrons. The number of thiophene rings is 1. The number of hydrogen-bond acceptors (Lipinski definition) is 6. The average molecular weight is 372 g/mol. The third kappa shape index (κ3) is 3.33. The van der Waals surface area contributed by atoms with E-state index in [-0.39, 0.29) is 17.8 Å². The van der Waals surface area contributed by atoms with E-state index in [0.717, 1.165) is 11.3 Å². The molecule has 26 heavy (non-hydrogen) atoms. The van der Waals surface area contributed by atoms with Gasteiger partial charge in [-0.2, -0.15) is 0 Å². The molecule has 0 saturated heterocycles. The molecular weight excluding hydrogens is 356 g/mol. The molecule has 8 nitrogen and oxygen atoms in total. The highest BCUT2D eigenvalue weighted by Gasteiger charge is 2.16. The predicted molar refractivity (Wildman–Crippen MR) is 99.7 cm³/mol. The molecule has 3 rings (SSSR count). The van der Waals surface area contributed by atoms with Gasteiger partial charge in [0, 0.05) is 10.9 Å². The zero-order valence-electron chi connectivity index (χ0n) is 14.2. The lowest BCUT2D eigenvalue weighted by Gasteiger charge is -2.09. The van der Waals surface area contributed by atoms with Crippen molar-refractivity contribution in [2.24, 2.45) is 0 Å². The summed E-state index contributed by atoms with van der Waals surface area (Å²) >= 11 is 1.46. The van der Waals surface area contributed by atoms with Gasteiger partial charge >= 0.3 is 0 Å². The number of fused-ring (bicyclic) bond motifs is 1. The second-order valence-corrected chi connectivity index (χ2v) is 6.83. The lowest BCUT2D eigenvalue weighted by atomic mass is 10.1. The molecule has 0 unspecified atom stereocenters. The number of nitrogens with one attached hydrogen (secondary N) is 1. The molecule has 0 spiro atoms. The maximum atomic E-state index is 12.5. The molecule has 2 heterocycles. The molecular formula is C17H16N4O4S. The van der Waals surface area contributed by atoms with Gasteiger partial charge < -0.3 is 5.32 Å². The number of carbonyl (C=O) groups is 1. The number of hydrogen-bond donors (Lipinski definition) is 1. The average Bonchev–Trinajstić information content (AvgIpc) is 3.03. The van der Waals surface area contributed by atoms with E-state index >= 15 is 0 Å². The number of benzene rings is 1. The van der Waals surface area contributed by atoms with E-state index in [9.17, 15) is 19.7 Å². The molecule has 0 saturated carbocycles. The van der Waals surface area contributed by atoms with Gasteiger partial charge in [0.1, 0.15) is 11.4 Å². The highest BCUT2D eigenvalue weighted by atomic mass is 32.1. The fraction of sp³-hybridized carbons (Fsp3) is 0.235. The molecule has 1 aromatic carbocycles. The van der Waals surface area contributed by atoms with Crippen LogP contribution in [0.1, 0.15) is 17.4 Å². The van der Waals surface area contributed by atoms with Gasteiger partial charge in [-0.05, 0) is 25.5 Å². The summed E-state index contributed by atoms with van der Waals surface area (Å²) in [5.41, 5.74) is 0.345. The molecule has 0 radical (unpaired) electrons.